The first-order valence-electron chi connectivity index (χ1n) is 13.5. The maximum atomic E-state index is 13.6. The van der Waals surface area contributed by atoms with Crippen LogP contribution in [0.3, 0.4) is 0 Å². The molecule has 2 heterocycles. The molecule has 0 spiro atoms. The molecule has 0 aliphatic carbocycles. The molecule has 0 bridgehead atoms. The molecule has 2 aromatic heterocycles. The fourth-order valence-electron chi connectivity index (χ4n) is 5.10. The zero-order chi connectivity index (χ0) is 28.5. The lowest BCUT2D eigenvalue weighted by Crippen LogP contribution is -2.20. The fourth-order valence-corrected chi connectivity index (χ4v) is 5.10. The molecule has 42 heavy (non-hydrogen) atoms. The monoisotopic (exact) mass is 551 g/mol. The second-order valence-corrected chi connectivity index (χ2v) is 9.80. The lowest BCUT2D eigenvalue weighted by molar-refractivity contribution is 0.307. The molecule has 0 aliphatic rings. The van der Waals surface area contributed by atoms with E-state index in [1.165, 1.54) is 10.1 Å². The summed E-state index contributed by atoms with van der Waals surface area (Å²) in [5.74, 6) is 2.06. The number of ether oxygens (including phenoxy) is 2. The first-order valence-corrected chi connectivity index (χ1v) is 13.5. The molecule has 0 N–H and O–H groups in total. The summed E-state index contributed by atoms with van der Waals surface area (Å²) in [7, 11) is 1.61. The van der Waals surface area contributed by atoms with Crippen LogP contribution in [0.5, 0.6) is 11.5 Å². The van der Waals surface area contributed by atoms with Crippen LogP contribution in [-0.2, 0) is 6.61 Å². The van der Waals surface area contributed by atoms with Gasteiger partial charge in [0.15, 0.2) is 5.76 Å². The minimum absolute atomic E-state index is 0.288. The van der Waals surface area contributed by atoms with Crippen molar-refractivity contribution in [1.82, 2.24) is 9.66 Å². The van der Waals surface area contributed by atoms with E-state index < -0.39 is 0 Å². The number of benzene rings is 5. The molecule has 0 radical (unpaired) electrons. The van der Waals surface area contributed by atoms with E-state index in [2.05, 4.69) is 29.4 Å². The molecule has 7 heteroatoms. The van der Waals surface area contributed by atoms with Gasteiger partial charge in [-0.25, -0.2) is 4.98 Å². The van der Waals surface area contributed by atoms with E-state index in [0.29, 0.717) is 40.4 Å². The quantitative estimate of drug-likeness (QED) is 0.193. The highest BCUT2D eigenvalue weighted by Gasteiger charge is 2.18. The minimum atomic E-state index is -0.303. The van der Waals surface area contributed by atoms with Crippen LogP contribution in [0, 0.1) is 0 Å². The highest BCUT2D eigenvalue weighted by Crippen LogP contribution is 2.33. The van der Waals surface area contributed by atoms with E-state index in [1.807, 2.05) is 78.9 Å². The van der Waals surface area contributed by atoms with E-state index >= 15 is 0 Å². The third-order valence-corrected chi connectivity index (χ3v) is 7.17. The molecular weight excluding hydrogens is 526 g/mol. The van der Waals surface area contributed by atoms with Crippen molar-refractivity contribution in [1.29, 1.82) is 0 Å². The molecular formula is C35H25N3O4. The SMILES string of the molecule is COc1cccc2oc(-c3nc4ccccc4c(=O)n3N=Cc3cccc(OCc4cccc5ccccc45)c3)cc12. The van der Waals surface area contributed by atoms with Gasteiger partial charge in [-0.05, 0) is 64.4 Å². The summed E-state index contributed by atoms with van der Waals surface area (Å²) in [6.45, 7) is 0.426. The number of para-hydroxylation sites is 1. The molecule has 0 saturated carbocycles. The number of hydrogen-bond acceptors (Lipinski definition) is 6. The maximum absolute atomic E-state index is 13.6. The van der Waals surface area contributed by atoms with Gasteiger partial charge in [-0.3, -0.25) is 4.79 Å². The lowest BCUT2D eigenvalue weighted by Gasteiger charge is -2.10. The van der Waals surface area contributed by atoms with Gasteiger partial charge in [-0.1, -0.05) is 72.8 Å². The Labute approximate surface area is 240 Å². The molecule has 7 rings (SSSR count). The van der Waals surface area contributed by atoms with E-state index in [4.69, 9.17) is 18.9 Å². The number of hydrogen-bond donors (Lipinski definition) is 0. The Bertz CT molecular complexity index is 2170. The Morgan fingerprint density at radius 3 is 2.52 bits per heavy atom. The van der Waals surface area contributed by atoms with Crippen molar-refractivity contribution in [2.45, 2.75) is 6.61 Å². The zero-order valence-electron chi connectivity index (χ0n) is 22.7. The Morgan fingerprint density at radius 1 is 0.833 bits per heavy atom. The first kappa shape index (κ1) is 25.3. The number of nitrogens with zero attached hydrogens (tertiary/aromatic N) is 3. The first-order chi connectivity index (χ1) is 20.7. The maximum Gasteiger partial charge on any atom is 0.282 e. The Hall–Kier alpha value is -5.69. The Balaban J connectivity index is 1.24. The van der Waals surface area contributed by atoms with Gasteiger partial charge in [-0.2, -0.15) is 9.78 Å². The average molecular weight is 552 g/mol. The largest absolute Gasteiger partial charge is 0.496 e. The molecule has 0 amide bonds. The zero-order valence-corrected chi connectivity index (χ0v) is 22.7. The van der Waals surface area contributed by atoms with Crippen molar-refractivity contribution in [3.8, 4) is 23.1 Å². The average Bonchev–Trinajstić information content (AvgIpc) is 3.48. The van der Waals surface area contributed by atoms with Crippen molar-refractivity contribution in [3.05, 3.63) is 137 Å². The van der Waals surface area contributed by atoms with Gasteiger partial charge in [-0.15, -0.1) is 0 Å². The number of methoxy groups -OCH3 is 1. The van der Waals surface area contributed by atoms with Crippen molar-refractivity contribution in [3.63, 3.8) is 0 Å². The summed E-state index contributed by atoms with van der Waals surface area (Å²) < 4.78 is 19.0. The molecule has 0 fully saturated rings. The number of aromatic nitrogens is 2. The van der Waals surface area contributed by atoms with Gasteiger partial charge in [0.05, 0.1) is 29.6 Å². The number of furan rings is 1. The Kier molecular flexibility index (Phi) is 6.45. The highest BCUT2D eigenvalue weighted by atomic mass is 16.5. The molecule has 0 unspecified atom stereocenters. The van der Waals surface area contributed by atoms with Gasteiger partial charge < -0.3 is 13.9 Å². The predicted octanol–water partition coefficient (Wildman–Crippen LogP) is 7.43. The van der Waals surface area contributed by atoms with Crippen molar-refractivity contribution in [2.24, 2.45) is 5.10 Å². The topological polar surface area (TPSA) is 78.9 Å². The summed E-state index contributed by atoms with van der Waals surface area (Å²) in [5.41, 5.74) is 2.75. The molecule has 7 nitrogen and oxygen atoms in total. The van der Waals surface area contributed by atoms with Crippen LogP contribution in [0.1, 0.15) is 11.1 Å². The number of rotatable bonds is 7. The smallest absolute Gasteiger partial charge is 0.282 e. The molecule has 5 aromatic carbocycles. The highest BCUT2D eigenvalue weighted by molar-refractivity contribution is 5.89. The molecule has 0 aliphatic heterocycles. The van der Waals surface area contributed by atoms with E-state index in [1.54, 1.807) is 25.5 Å². The van der Waals surface area contributed by atoms with Gasteiger partial charge in [0.1, 0.15) is 23.7 Å². The third-order valence-electron chi connectivity index (χ3n) is 7.17. The van der Waals surface area contributed by atoms with Gasteiger partial charge in [0, 0.05) is 0 Å². The predicted molar refractivity (Wildman–Crippen MR) is 165 cm³/mol. The van der Waals surface area contributed by atoms with Crippen LogP contribution in [-0.4, -0.2) is 23.0 Å². The molecule has 0 saturated heterocycles. The molecule has 0 atom stereocenters. The van der Waals surface area contributed by atoms with E-state index in [9.17, 15) is 4.79 Å². The van der Waals surface area contributed by atoms with Crippen LogP contribution in [0.2, 0.25) is 0 Å². The molecule has 7 aromatic rings. The van der Waals surface area contributed by atoms with Crippen LogP contribution in [0.4, 0.5) is 0 Å². The summed E-state index contributed by atoms with van der Waals surface area (Å²) in [6.07, 6.45) is 1.62. The lowest BCUT2D eigenvalue weighted by atomic mass is 10.1. The summed E-state index contributed by atoms with van der Waals surface area (Å²) in [5, 5.41) is 8.16. The third kappa shape index (κ3) is 4.67. The fraction of sp³-hybridized carbons (Fsp3) is 0.0571. The Morgan fingerprint density at radius 2 is 1.62 bits per heavy atom. The summed E-state index contributed by atoms with van der Waals surface area (Å²) in [4.78, 5) is 18.4. The normalized spacial score (nSPS) is 11.5. The molecule has 204 valence electrons. The van der Waals surface area contributed by atoms with Crippen LogP contribution < -0.4 is 15.0 Å². The van der Waals surface area contributed by atoms with E-state index in [0.717, 1.165) is 21.9 Å². The van der Waals surface area contributed by atoms with Gasteiger partial charge in [0.25, 0.3) is 5.56 Å². The van der Waals surface area contributed by atoms with Gasteiger partial charge in [0.2, 0.25) is 5.82 Å². The number of fused-ring (bicyclic) bond motifs is 3. The van der Waals surface area contributed by atoms with Crippen LogP contribution in [0.25, 0.3) is 44.2 Å². The summed E-state index contributed by atoms with van der Waals surface area (Å²) in [6, 6.07) is 36.6. The van der Waals surface area contributed by atoms with Crippen molar-refractivity contribution >= 4 is 38.9 Å². The second kappa shape index (κ2) is 10.7. The van der Waals surface area contributed by atoms with Crippen molar-refractivity contribution in [2.75, 3.05) is 7.11 Å². The van der Waals surface area contributed by atoms with Crippen LogP contribution >= 0.6 is 0 Å². The second-order valence-electron chi connectivity index (χ2n) is 9.80. The minimum Gasteiger partial charge on any atom is -0.496 e. The van der Waals surface area contributed by atoms with Crippen LogP contribution in [0.15, 0.2) is 130 Å². The van der Waals surface area contributed by atoms with E-state index in [-0.39, 0.29) is 11.4 Å². The van der Waals surface area contributed by atoms with Gasteiger partial charge >= 0.3 is 0 Å². The summed E-state index contributed by atoms with van der Waals surface area (Å²) >= 11 is 0. The van der Waals surface area contributed by atoms with Crippen molar-refractivity contribution < 1.29 is 13.9 Å². The standard InChI is InChI=1S/C35H25N3O4/c1-40-31-17-8-18-32-29(31)20-33(42-32)34-37-30-16-5-4-15-28(30)35(39)38(34)36-21-23-9-6-13-26(19-23)41-22-25-12-7-11-24-10-2-3-14-27(24)25/h2-21H,22H2,1H3.